The summed E-state index contributed by atoms with van der Waals surface area (Å²) in [5.41, 5.74) is 0. The first-order valence-electron chi connectivity index (χ1n) is 3.46. The van der Waals surface area contributed by atoms with Gasteiger partial charge in [-0.15, -0.1) is 41.1 Å². The minimum absolute atomic E-state index is 0. The van der Waals surface area contributed by atoms with E-state index in [9.17, 15) is 0 Å². The smallest absolute Gasteiger partial charge is 0.0974 e. The Balaban J connectivity index is 0.000000720. The van der Waals surface area contributed by atoms with E-state index in [2.05, 4.69) is 6.07 Å². The molecule has 62 valence electrons. The molecule has 13 heavy (non-hydrogen) atoms. The van der Waals surface area contributed by atoms with E-state index >= 15 is 0 Å². The van der Waals surface area contributed by atoms with E-state index in [1.807, 2.05) is 24.3 Å². The van der Waals surface area contributed by atoms with Gasteiger partial charge in [0.15, 0.2) is 0 Å². The quantitative estimate of drug-likeness (QED) is 0.457. The molecule has 3 heteroatoms. The van der Waals surface area contributed by atoms with Crippen molar-refractivity contribution >= 4 is 10.8 Å². The summed E-state index contributed by atoms with van der Waals surface area (Å²) in [5.74, 6) is 0.303. The SMILES string of the molecule is Oc1ccc2[c-]cccc2c1.[Th].[Th]. The maximum Gasteiger partial charge on any atom is 0.0974 e. The molecule has 0 fully saturated rings. The standard InChI is InChI=1S/C10H7O.2Th/c11-10-6-5-8-3-1-2-4-9(8)7-10;;/h1-2,4-7,11H;;/q-1;;. The molecule has 0 amide bonds. The Labute approximate surface area is 141 Å². The molecule has 0 spiro atoms. The molecule has 1 nitrogen and oxygen atoms in total. The van der Waals surface area contributed by atoms with Crippen molar-refractivity contribution in [2.24, 2.45) is 0 Å². The van der Waals surface area contributed by atoms with Crippen LogP contribution in [-0.4, -0.2) is 5.11 Å². The van der Waals surface area contributed by atoms with E-state index in [1.165, 1.54) is 0 Å². The number of benzene rings is 2. The minimum atomic E-state index is 0. The number of rotatable bonds is 0. The van der Waals surface area contributed by atoms with Gasteiger partial charge in [-0.3, -0.25) is 0 Å². The number of phenolic OH excluding ortho intramolecular Hbond substituents is 1. The van der Waals surface area contributed by atoms with E-state index < -0.39 is 0 Å². The molecular formula is C10H7OTh2-. The second-order valence-corrected chi connectivity index (χ2v) is 2.44. The van der Waals surface area contributed by atoms with Crippen LogP contribution in [0, 0.1) is 85.9 Å². The van der Waals surface area contributed by atoms with Crippen LogP contribution in [-0.2, 0) is 0 Å². The fourth-order valence-electron chi connectivity index (χ4n) is 1.11. The molecule has 0 aliphatic heterocycles. The van der Waals surface area contributed by atoms with Crippen molar-refractivity contribution in [3.8, 4) is 5.75 Å². The summed E-state index contributed by atoms with van der Waals surface area (Å²) in [6.45, 7) is 0. The van der Waals surface area contributed by atoms with E-state index in [0.29, 0.717) is 5.75 Å². The van der Waals surface area contributed by atoms with E-state index in [-0.39, 0.29) is 79.9 Å². The molecule has 0 aliphatic rings. The molecule has 0 bridgehead atoms. The first-order valence-corrected chi connectivity index (χ1v) is 3.46. The number of fused-ring (bicyclic) bond motifs is 1. The number of hydrogen-bond donors (Lipinski definition) is 1. The Bertz CT molecular complexity index is 387. The molecule has 0 radical (unpaired) electrons. The van der Waals surface area contributed by atoms with Crippen molar-refractivity contribution in [1.82, 2.24) is 0 Å². The maximum atomic E-state index is 9.12. The van der Waals surface area contributed by atoms with Gasteiger partial charge in [-0.2, -0.15) is 0 Å². The van der Waals surface area contributed by atoms with Gasteiger partial charge < -0.3 is 5.11 Å². The summed E-state index contributed by atoms with van der Waals surface area (Å²) >= 11 is 0. The Kier molecular flexibility index (Phi) is 7.18. The zero-order valence-corrected chi connectivity index (χ0v) is 15.1. The molecule has 1 N–H and O–H groups in total. The van der Waals surface area contributed by atoms with Crippen LogP contribution < -0.4 is 0 Å². The molecule has 2 aromatic rings. The number of aromatic hydroxyl groups is 1. The molecular weight excluding hydrogens is 600 g/mol. The minimum Gasteiger partial charge on any atom is -0.510 e. The molecule has 0 aliphatic carbocycles. The van der Waals surface area contributed by atoms with Crippen molar-refractivity contribution in [3.05, 3.63) is 42.5 Å². The van der Waals surface area contributed by atoms with Gasteiger partial charge >= 0.3 is 0 Å². The summed E-state index contributed by atoms with van der Waals surface area (Å²) in [6.07, 6.45) is 0. The molecule has 0 saturated carbocycles. The van der Waals surface area contributed by atoms with Crippen LogP contribution >= 0.6 is 0 Å². The van der Waals surface area contributed by atoms with Crippen LogP contribution in [0.4, 0.5) is 0 Å². The van der Waals surface area contributed by atoms with Crippen molar-refractivity contribution in [2.75, 3.05) is 0 Å². The van der Waals surface area contributed by atoms with Crippen LogP contribution in [0.3, 0.4) is 0 Å². The average Bonchev–Trinajstić information content (AvgIpc) is 2.04. The van der Waals surface area contributed by atoms with Gasteiger partial charge in [0.05, 0.1) is 5.75 Å². The third kappa shape index (κ3) is 3.65. The van der Waals surface area contributed by atoms with Crippen LogP contribution in [0.5, 0.6) is 5.75 Å². The second kappa shape index (κ2) is 6.60. The Hall–Kier alpha value is 1.15. The van der Waals surface area contributed by atoms with Crippen molar-refractivity contribution in [1.29, 1.82) is 0 Å². The monoisotopic (exact) mass is 607 g/mol. The van der Waals surface area contributed by atoms with Gasteiger partial charge in [-0.25, -0.2) is 0 Å². The molecule has 0 heterocycles. The topological polar surface area (TPSA) is 20.2 Å². The first kappa shape index (κ1) is 14.1. The van der Waals surface area contributed by atoms with Crippen LogP contribution in [0.2, 0.25) is 0 Å². The molecule has 2 rings (SSSR count). The third-order valence-electron chi connectivity index (χ3n) is 1.65. The summed E-state index contributed by atoms with van der Waals surface area (Å²) in [7, 11) is 0. The zero-order valence-electron chi connectivity index (χ0n) is 6.91. The van der Waals surface area contributed by atoms with Crippen LogP contribution in [0.25, 0.3) is 10.8 Å². The fourth-order valence-corrected chi connectivity index (χ4v) is 1.11. The summed E-state index contributed by atoms with van der Waals surface area (Å²) in [5, 5.41) is 11.2. The maximum absolute atomic E-state index is 9.12. The van der Waals surface area contributed by atoms with Gasteiger partial charge in [-0.1, -0.05) is 12.1 Å². The van der Waals surface area contributed by atoms with Crippen molar-refractivity contribution < 1.29 is 85.0 Å². The molecule has 0 unspecified atom stereocenters. The Morgan fingerprint density at radius 3 is 2.62 bits per heavy atom. The van der Waals surface area contributed by atoms with Gasteiger partial charge in [-0.05, 0) is 0 Å². The normalized spacial score (nSPS) is 8.62. The van der Waals surface area contributed by atoms with Gasteiger partial charge in [0.1, 0.15) is 0 Å². The third-order valence-corrected chi connectivity index (χ3v) is 1.65. The number of hydrogen-bond acceptors (Lipinski definition) is 1. The second-order valence-electron chi connectivity index (χ2n) is 2.44. The first-order chi connectivity index (χ1) is 5.36. The molecule has 0 atom stereocenters. The fraction of sp³-hybridized carbons (Fsp3) is 0. The molecule has 0 aromatic heterocycles. The van der Waals surface area contributed by atoms with Gasteiger partial charge in [0.25, 0.3) is 0 Å². The van der Waals surface area contributed by atoms with E-state index in [1.54, 1.807) is 12.1 Å². The predicted molar refractivity (Wildman–Crippen MR) is 44.4 cm³/mol. The van der Waals surface area contributed by atoms with E-state index in [0.717, 1.165) is 10.8 Å². The van der Waals surface area contributed by atoms with Crippen molar-refractivity contribution in [2.45, 2.75) is 0 Å². The van der Waals surface area contributed by atoms with Gasteiger partial charge in [0, 0.05) is 79.9 Å². The summed E-state index contributed by atoms with van der Waals surface area (Å²) in [6, 6.07) is 14.0. The average molecular weight is 607 g/mol. The van der Waals surface area contributed by atoms with Gasteiger partial charge in [0.2, 0.25) is 0 Å². The Morgan fingerprint density at radius 1 is 1.08 bits per heavy atom. The summed E-state index contributed by atoms with van der Waals surface area (Å²) < 4.78 is 0. The van der Waals surface area contributed by atoms with Crippen LogP contribution in [0.15, 0.2) is 36.4 Å². The van der Waals surface area contributed by atoms with Crippen molar-refractivity contribution in [3.63, 3.8) is 0 Å². The van der Waals surface area contributed by atoms with Crippen LogP contribution in [0.1, 0.15) is 0 Å². The molecule has 0 saturated heterocycles. The number of phenols is 1. The predicted octanol–water partition coefficient (Wildman–Crippen LogP) is 2.35. The largest absolute Gasteiger partial charge is 0.510 e. The summed E-state index contributed by atoms with van der Waals surface area (Å²) in [4.78, 5) is 0. The molecule has 2 aromatic carbocycles. The zero-order chi connectivity index (χ0) is 7.68. The van der Waals surface area contributed by atoms with E-state index in [4.69, 9.17) is 5.11 Å². The Morgan fingerprint density at radius 2 is 1.85 bits per heavy atom.